The normalized spacial score (nSPS) is 30.9. The lowest BCUT2D eigenvalue weighted by Crippen LogP contribution is -2.44. The van der Waals surface area contributed by atoms with Gasteiger partial charge in [-0.3, -0.25) is 14.8 Å². The number of fused-ring (bicyclic) bond motifs is 2. The third-order valence-corrected chi connectivity index (χ3v) is 5.42. The van der Waals surface area contributed by atoms with E-state index in [2.05, 4.69) is 33.9 Å². The number of aryl methyl sites for hydroxylation is 1. The van der Waals surface area contributed by atoms with Crippen LogP contribution in [0.3, 0.4) is 0 Å². The van der Waals surface area contributed by atoms with Gasteiger partial charge in [0.1, 0.15) is 11.6 Å². The zero-order chi connectivity index (χ0) is 15.7. The number of ether oxygens (including phenoxy) is 1. The largest absolute Gasteiger partial charge is 0.466 e. The van der Waals surface area contributed by atoms with Gasteiger partial charge in [0.05, 0.1) is 18.6 Å². The van der Waals surface area contributed by atoms with Crippen LogP contribution in [0, 0.1) is 5.41 Å². The molecule has 6 nitrogen and oxygen atoms in total. The number of H-pyrrole nitrogens is 1. The van der Waals surface area contributed by atoms with Crippen LogP contribution in [0.4, 0.5) is 0 Å². The summed E-state index contributed by atoms with van der Waals surface area (Å²) in [4.78, 5) is 19.5. The van der Waals surface area contributed by atoms with Crippen LogP contribution >= 0.6 is 0 Å². The first-order valence-corrected chi connectivity index (χ1v) is 8.47. The molecule has 2 aliphatic rings. The lowest BCUT2D eigenvalue weighted by atomic mass is 9.72. The second-order valence-corrected chi connectivity index (χ2v) is 6.41. The topological polar surface area (TPSA) is 71.1 Å². The van der Waals surface area contributed by atoms with Gasteiger partial charge in [0.2, 0.25) is 0 Å². The molecule has 2 fully saturated rings. The molecule has 122 valence electrons. The SMILES string of the molecule is CCOC(=O)[C@@]1(CC)C[C@H]2CC[C@@H]1N2Cc1nc(CC)n[nH]1. The predicted octanol–water partition coefficient (Wildman–Crippen LogP) is 2.06. The highest BCUT2D eigenvalue weighted by Gasteiger charge is 2.59. The van der Waals surface area contributed by atoms with Crippen LogP contribution in [0.25, 0.3) is 0 Å². The standard InChI is InChI=1S/C16H26N4O2/c1-4-13-17-14(19-18-13)10-20-11-7-8-12(20)16(5-2,9-11)15(21)22-6-3/h11-12H,4-10H2,1-3H3,(H,17,18,19)/t11-,12+,16+/m1/s1. The van der Waals surface area contributed by atoms with E-state index in [0.29, 0.717) is 12.6 Å². The maximum Gasteiger partial charge on any atom is 0.313 e. The Balaban J connectivity index is 1.78. The summed E-state index contributed by atoms with van der Waals surface area (Å²) in [6.45, 7) is 7.26. The van der Waals surface area contributed by atoms with Crippen molar-refractivity contribution in [1.82, 2.24) is 20.1 Å². The van der Waals surface area contributed by atoms with Crippen molar-refractivity contribution < 1.29 is 9.53 Å². The Kier molecular flexibility index (Phi) is 4.21. The molecule has 3 heterocycles. The molecule has 6 heteroatoms. The highest BCUT2D eigenvalue weighted by molar-refractivity contribution is 5.78. The second-order valence-electron chi connectivity index (χ2n) is 6.41. The maximum atomic E-state index is 12.6. The van der Waals surface area contributed by atoms with Crippen molar-refractivity contribution in [3.63, 3.8) is 0 Å². The summed E-state index contributed by atoms with van der Waals surface area (Å²) in [5.74, 6) is 1.75. The number of esters is 1. The number of nitrogens with one attached hydrogen (secondary N) is 1. The molecular formula is C16H26N4O2. The van der Waals surface area contributed by atoms with Gasteiger partial charge >= 0.3 is 5.97 Å². The molecule has 0 spiro atoms. The number of nitrogens with zero attached hydrogens (tertiary/aromatic N) is 3. The lowest BCUT2D eigenvalue weighted by Gasteiger charge is -2.34. The summed E-state index contributed by atoms with van der Waals surface area (Å²) in [6.07, 6.45) is 4.85. The van der Waals surface area contributed by atoms with Crippen molar-refractivity contribution >= 4 is 5.97 Å². The van der Waals surface area contributed by atoms with E-state index in [4.69, 9.17) is 4.74 Å². The van der Waals surface area contributed by atoms with Crippen molar-refractivity contribution in [3.8, 4) is 0 Å². The average molecular weight is 306 g/mol. The Bertz CT molecular complexity index is 544. The molecule has 0 amide bonds. The molecule has 1 aromatic rings. The van der Waals surface area contributed by atoms with E-state index in [9.17, 15) is 4.79 Å². The number of carbonyl (C=O) groups excluding carboxylic acids is 1. The summed E-state index contributed by atoms with van der Waals surface area (Å²) >= 11 is 0. The van der Waals surface area contributed by atoms with E-state index in [1.54, 1.807) is 0 Å². The van der Waals surface area contributed by atoms with Gasteiger partial charge in [0.25, 0.3) is 0 Å². The third kappa shape index (κ3) is 2.33. The van der Waals surface area contributed by atoms with Gasteiger partial charge in [-0.05, 0) is 32.6 Å². The summed E-state index contributed by atoms with van der Waals surface area (Å²) in [7, 11) is 0. The average Bonchev–Trinajstić information content (AvgIpc) is 3.22. The van der Waals surface area contributed by atoms with E-state index < -0.39 is 0 Å². The molecule has 2 bridgehead atoms. The molecule has 2 saturated heterocycles. The minimum absolute atomic E-state index is 0.0125. The number of carbonyl (C=O) groups is 1. The number of rotatable bonds is 6. The van der Waals surface area contributed by atoms with Crippen LogP contribution in [0.15, 0.2) is 0 Å². The van der Waals surface area contributed by atoms with Gasteiger partial charge in [-0.15, -0.1) is 0 Å². The van der Waals surface area contributed by atoms with Crippen LogP contribution in [0.5, 0.6) is 0 Å². The van der Waals surface area contributed by atoms with Gasteiger partial charge in [0.15, 0.2) is 0 Å². The smallest absolute Gasteiger partial charge is 0.313 e. The zero-order valence-corrected chi connectivity index (χ0v) is 13.8. The number of hydrogen-bond donors (Lipinski definition) is 1. The molecule has 0 radical (unpaired) electrons. The first kappa shape index (κ1) is 15.5. The Morgan fingerprint density at radius 2 is 2.23 bits per heavy atom. The molecule has 0 saturated carbocycles. The minimum atomic E-state index is -0.327. The minimum Gasteiger partial charge on any atom is -0.466 e. The highest BCUT2D eigenvalue weighted by atomic mass is 16.5. The van der Waals surface area contributed by atoms with Crippen molar-refractivity contribution in [1.29, 1.82) is 0 Å². The Labute approximate surface area is 131 Å². The molecule has 3 rings (SSSR count). The van der Waals surface area contributed by atoms with E-state index in [1.165, 1.54) is 6.42 Å². The molecule has 0 aromatic carbocycles. The number of aromatic amines is 1. The van der Waals surface area contributed by atoms with Gasteiger partial charge in [0, 0.05) is 18.5 Å². The number of aromatic nitrogens is 3. The molecule has 0 aliphatic carbocycles. The summed E-state index contributed by atoms with van der Waals surface area (Å²) in [5, 5.41) is 7.25. The Hall–Kier alpha value is -1.43. The van der Waals surface area contributed by atoms with E-state index in [1.807, 2.05) is 6.92 Å². The fourth-order valence-electron chi connectivity index (χ4n) is 4.30. The summed E-state index contributed by atoms with van der Waals surface area (Å²) < 4.78 is 5.39. The predicted molar refractivity (Wildman–Crippen MR) is 82.1 cm³/mol. The molecule has 0 unspecified atom stereocenters. The van der Waals surface area contributed by atoms with Crippen LogP contribution < -0.4 is 0 Å². The van der Waals surface area contributed by atoms with Crippen molar-refractivity contribution in [2.24, 2.45) is 5.41 Å². The van der Waals surface area contributed by atoms with Crippen molar-refractivity contribution in [2.75, 3.05) is 6.61 Å². The summed E-state index contributed by atoms with van der Waals surface area (Å²) in [6, 6.07) is 0.737. The van der Waals surface area contributed by atoms with E-state index in [-0.39, 0.29) is 17.4 Å². The molecular weight excluding hydrogens is 280 g/mol. The van der Waals surface area contributed by atoms with Crippen LogP contribution in [-0.2, 0) is 22.5 Å². The number of hydrogen-bond acceptors (Lipinski definition) is 5. The van der Waals surface area contributed by atoms with E-state index >= 15 is 0 Å². The fourth-order valence-corrected chi connectivity index (χ4v) is 4.30. The van der Waals surface area contributed by atoms with Crippen LogP contribution in [0.2, 0.25) is 0 Å². The quantitative estimate of drug-likeness (QED) is 0.815. The maximum absolute atomic E-state index is 12.6. The fraction of sp³-hybridized carbons (Fsp3) is 0.812. The lowest BCUT2D eigenvalue weighted by molar-refractivity contribution is -0.157. The molecule has 22 heavy (non-hydrogen) atoms. The summed E-state index contributed by atoms with van der Waals surface area (Å²) in [5.41, 5.74) is -0.327. The molecule has 2 aliphatic heterocycles. The molecule has 1 N–H and O–H groups in total. The second kappa shape index (κ2) is 5.99. The first-order chi connectivity index (χ1) is 10.6. The van der Waals surface area contributed by atoms with Crippen molar-refractivity contribution in [2.45, 2.75) is 71.5 Å². The third-order valence-electron chi connectivity index (χ3n) is 5.42. The zero-order valence-electron chi connectivity index (χ0n) is 13.8. The Morgan fingerprint density at radius 1 is 1.41 bits per heavy atom. The monoisotopic (exact) mass is 306 g/mol. The Morgan fingerprint density at radius 3 is 2.86 bits per heavy atom. The van der Waals surface area contributed by atoms with Gasteiger partial charge in [-0.1, -0.05) is 13.8 Å². The van der Waals surface area contributed by atoms with Crippen LogP contribution in [0.1, 0.15) is 58.1 Å². The molecule has 1 aromatic heterocycles. The van der Waals surface area contributed by atoms with Gasteiger partial charge < -0.3 is 4.74 Å². The van der Waals surface area contributed by atoms with E-state index in [0.717, 1.165) is 43.9 Å². The van der Waals surface area contributed by atoms with Gasteiger partial charge in [-0.25, -0.2) is 4.98 Å². The van der Waals surface area contributed by atoms with Crippen molar-refractivity contribution in [3.05, 3.63) is 11.6 Å². The first-order valence-electron chi connectivity index (χ1n) is 8.47. The molecule has 3 atom stereocenters. The van der Waals surface area contributed by atoms with Crippen LogP contribution in [-0.4, -0.2) is 44.7 Å². The van der Waals surface area contributed by atoms with Gasteiger partial charge in [-0.2, -0.15) is 5.10 Å². The highest BCUT2D eigenvalue weighted by Crippen LogP contribution is 2.52.